The van der Waals surface area contributed by atoms with E-state index in [1.807, 2.05) is 42.0 Å². The van der Waals surface area contributed by atoms with Gasteiger partial charge in [0.1, 0.15) is 11.9 Å². The third-order valence-corrected chi connectivity index (χ3v) is 12.3. The van der Waals surface area contributed by atoms with Crippen molar-refractivity contribution in [1.82, 2.24) is 14.6 Å². The number of carbonyl (C=O) groups excluding carboxylic acids is 3. The van der Waals surface area contributed by atoms with Crippen LogP contribution in [0.4, 0.5) is 4.39 Å². The van der Waals surface area contributed by atoms with Gasteiger partial charge in [-0.25, -0.2) is 22.5 Å². The van der Waals surface area contributed by atoms with Crippen molar-refractivity contribution in [2.75, 3.05) is 13.7 Å². The van der Waals surface area contributed by atoms with E-state index in [0.29, 0.717) is 18.1 Å². The lowest BCUT2D eigenvalue weighted by Gasteiger charge is -2.30. The maximum atomic E-state index is 14.6. The molecule has 1 aromatic carbocycles. The Morgan fingerprint density at radius 1 is 1.17 bits per heavy atom. The summed E-state index contributed by atoms with van der Waals surface area (Å²) in [6, 6.07) is 5.51. The first-order valence-corrected chi connectivity index (χ1v) is 17.9. The van der Waals surface area contributed by atoms with Crippen molar-refractivity contribution >= 4 is 38.4 Å². The molecule has 2 aliphatic carbocycles. The topological polar surface area (TPSA) is 158 Å². The Kier molecular flexibility index (Phi) is 8.84. The first-order valence-electron chi connectivity index (χ1n) is 16.4. The Morgan fingerprint density at radius 3 is 2.66 bits per heavy atom. The molecule has 3 fully saturated rings. The Balaban J connectivity index is 1.30. The van der Waals surface area contributed by atoms with Gasteiger partial charge in [-0.05, 0) is 73.1 Å². The standard InChI is InChI=1S/C34H43FN4O7S/c1-20-6-4-5-7-23-17-33(23,32(42)38-47(43,44)34(35)11-12-34)18-28(40)27-16-25(19-39(27)31(41)29(36)21(2)14-20)46-30-26-9-8-24(45-3)15-22(26)10-13-37-30/h5,7-10,13,15,20-21,23,25,27,29H,4,6,11-12,14,16-19,36H2,1-3H3,(H,38,42)/b7-5-/t20-,21-,23-,25-,27+,29+,33-/m1/s1. The largest absolute Gasteiger partial charge is 0.497 e. The van der Waals surface area contributed by atoms with Gasteiger partial charge in [0, 0.05) is 37.3 Å². The van der Waals surface area contributed by atoms with Gasteiger partial charge in [-0.3, -0.25) is 14.4 Å². The quantitative estimate of drug-likeness (QED) is 0.436. The van der Waals surface area contributed by atoms with Gasteiger partial charge >= 0.3 is 0 Å². The van der Waals surface area contributed by atoms with Crippen LogP contribution in [0.15, 0.2) is 42.6 Å². The molecule has 0 radical (unpaired) electrons. The average molecular weight is 671 g/mol. The molecule has 47 heavy (non-hydrogen) atoms. The molecular formula is C34H43FN4O7S. The van der Waals surface area contributed by atoms with Gasteiger partial charge in [0.25, 0.3) is 10.0 Å². The number of ether oxygens (including phenoxy) is 2. The predicted octanol–water partition coefficient (Wildman–Crippen LogP) is 3.80. The highest BCUT2D eigenvalue weighted by Gasteiger charge is 2.64. The minimum absolute atomic E-state index is 0.0840. The van der Waals surface area contributed by atoms with E-state index in [1.165, 1.54) is 4.90 Å². The highest BCUT2D eigenvalue weighted by molar-refractivity contribution is 7.91. The van der Waals surface area contributed by atoms with E-state index in [4.69, 9.17) is 15.2 Å². The summed E-state index contributed by atoms with van der Waals surface area (Å²) in [7, 11) is -2.98. The van der Waals surface area contributed by atoms with Crippen LogP contribution in [0.2, 0.25) is 0 Å². The van der Waals surface area contributed by atoms with Crippen molar-refractivity contribution in [2.24, 2.45) is 28.9 Å². The molecule has 2 saturated carbocycles. The van der Waals surface area contributed by atoms with Gasteiger partial charge in [0.15, 0.2) is 5.78 Å². The molecule has 2 aliphatic heterocycles. The van der Waals surface area contributed by atoms with Crippen LogP contribution in [-0.2, 0) is 24.4 Å². The monoisotopic (exact) mass is 670 g/mol. The number of aromatic nitrogens is 1. The first-order chi connectivity index (χ1) is 22.3. The van der Waals surface area contributed by atoms with Crippen LogP contribution in [0, 0.1) is 23.2 Å². The number of fused-ring (bicyclic) bond motifs is 3. The number of nitrogens with zero attached hydrogens (tertiary/aromatic N) is 2. The van der Waals surface area contributed by atoms with Gasteiger partial charge in [-0.2, -0.15) is 0 Å². The number of carbonyl (C=O) groups is 3. The van der Waals surface area contributed by atoms with Crippen LogP contribution in [0.3, 0.4) is 0 Å². The van der Waals surface area contributed by atoms with Crippen LogP contribution < -0.4 is 19.9 Å². The second-order valence-electron chi connectivity index (χ2n) is 14.0. The summed E-state index contributed by atoms with van der Waals surface area (Å²) in [4.78, 5) is 47.6. The molecule has 254 valence electrons. The van der Waals surface area contributed by atoms with Crippen molar-refractivity contribution in [2.45, 2.75) is 88.4 Å². The molecule has 3 N–H and O–H groups in total. The van der Waals surface area contributed by atoms with E-state index < -0.39 is 56.2 Å². The van der Waals surface area contributed by atoms with E-state index >= 15 is 0 Å². The van der Waals surface area contributed by atoms with Crippen molar-refractivity contribution in [3.63, 3.8) is 0 Å². The van der Waals surface area contributed by atoms with Crippen molar-refractivity contribution < 1.29 is 36.7 Å². The normalized spacial score (nSPS) is 33.2. The summed E-state index contributed by atoms with van der Waals surface area (Å²) in [6.45, 7) is 4.12. The molecule has 0 spiro atoms. The molecular weight excluding hydrogens is 627 g/mol. The number of pyridine rings is 1. The lowest BCUT2D eigenvalue weighted by Crippen LogP contribution is -2.52. The van der Waals surface area contributed by atoms with Crippen LogP contribution >= 0.6 is 0 Å². The molecule has 6 rings (SSSR count). The molecule has 11 nitrogen and oxygen atoms in total. The Bertz CT molecular complexity index is 1710. The zero-order valence-electron chi connectivity index (χ0n) is 27.0. The molecule has 1 saturated heterocycles. The number of amides is 2. The SMILES string of the molecule is COc1ccc2c(O[C@@H]3C[C@H]4C(=O)C[C@]5(C(=O)NS(=O)(=O)C6(F)CC6)C[C@H]5/C=C\CC[C@@H](C)C[C@@H](C)[C@H](N)C(=O)N4C3)nccc2c1. The molecule has 3 heterocycles. The number of nitrogens with one attached hydrogen (secondary N) is 1. The molecule has 13 heteroatoms. The van der Waals surface area contributed by atoms with Crippen LogP contribution in [0.1, 0.15) is 65.2 Å². The molecule has 7 atom stereocenters. The summed E-state index contributed by atoms with van der Waals surface area (Å²) in [6.07, 6.45) is 6.82. The summed E-state index contributed by atoms with van der Waals surface area (Å²) >= 11 is 0. The second kappa shape index (κ2) is 12.5. The highest BCUT2D eigenvalue weighted by Crippen LogP contribution is 2.57. The number of rotatable bonds is 6. The molecule has 0 unspecified atom stereocenters. The Morgan fingerprint density at radius 2 is 1.94 bits per heavy atom. The fourth-order valence-corrected chi connectivity index (χ4v) is 8.42. The fraction of sp³-hybridized carbons (Fsp3) is 0.588. The third kappa shape index (κ3) is 6.48. The number of sulfonamides is 1. The lowest BCUT2D eigenvalue weighted by atomic mass is 9.88. The number of allylic oxidation sites excluding steroid dienone is 2. The number of Topliss-reactive ketones (excluding diaryl/α,β-unsaturated/α-hetero) is 1. The zero-order chi connectivity index (χ0) is 33.7. The van der Waals surface area contributed by atoms with Gasteiger partial charge in [-0.1, -0.05) is 26.0 Å². The van der Waals surface area contributed by atoms with Gasteiger partial charge < -0.3 is 20.1 Å². The maximum absolute atomic E-state index is 14.6. The Labute approximate surface area is 274 Å². The number of ketones is 1. The van der Waals surface area contributed by atoms with Crippen LogP contribution in [0.5, 0.6) is 11.6 Å². The predicted molar refractivity (Wildman–Crippen MR) is 172 cm³/mol. The first kappa shape index (κ1) is 33.3. The maximum Gasteiger partial charge on any atom is 0.270 e. The van der Waals surface area contributed by atoms with E-state index in [2.05, 4.69) is 11.9 Å². The Hall–Kier alpha value is -3.58. The third-order valence-electron chi connectivity index (χ3n) is 10.4. The number of hydrogen-bond acceptors (Lipinski definition) is 9. The molecule has 0 bridgehead atoms. The number of hydrogen-bond donors (Lipinski definition) is 2. The smallest absolute Gasteiger partial charge is 0.270 e. The minimum atomic E-state index is -4.56. The minimum Gasteiger partial charge on any atom is -0.497 e. The molecule has 2 aromatic rings. The van der Waals surface area contributed by atoms with Gasteiger partial charge in [-0.15, -0.1) is 0 Å². The second-order valence-corrected chi connectivity index (χ2v) is 15.9. The van der Waals surface area contributed by atoms with E-state index in [-0.39, 0.29) is 56.4 Å². The average Bonchev–Trinajstić information content (AvgIpc) is 3.92. The zero-order valence-corrected chi connectivity index (χ0v) is 27.8. The fourth-order valence-electron chi connectivity index (χ4n) is 7.16. The summed E-state index contributed by atoms with van der Waals surface area (Å²) in [5.41, 5.74) is 5.18. The number of methoxy groups -OCH3 is 1. The van der Waals surface area contributed by atoms with E-state index in [1.54, 1.807) is 19.4 Å². The van der Waals surface area contributed by atoms with Crippen LogP contribution in [-0.4, -0.2) is 72.7 Å². The molecule has 4 aliphatic rings. The van der Waals surface area contributed by atoms with Crippen molar-refractivity contribution in [3.05, 3.63) is 42.6 Å². The van der Waals surface area contributed by atoms with Gasteiger partial charge in [0.2, 0.25) is 22.7 Å². The summed E-state index contributed by atoms with van der Waals surface area (Å²) in [5, 5.41) is -0.886. The number of alkyl halides is 1. The molecule has 2 amide bonds. The summed E-state index contributed by atoms with van der Waals surface area (Å²) in [5.74, 6) is -0.918. The van der Waals surface area contributed by atoms with E-state index in [9.17, 15) is 27.2 Å². The summed E-state index contributed by atoms with van der Waals surface area (Å²) < 4.78 is 53.6. The lowest BCUT2D eigenvalue weighted by molar-refractivity contribution is -0.140. The number of halogens is 1. The molecule has 1 aromatic heterocycles. The van der Waals surface area contributed by atoms with Gasteiger partial charge in [0.05, 0.1) is 31.2 Å². The highest BCUT2D eigenvalue weighted by atomic mass is 32.2. The van der Waals surface area contributed by atoms with Crippen molar-refractivity contribution in [3.8, 4) is 11.6 Å². The number of nitrogens with two attached hydrogens (primary N) is 1. The van der Waals surface area contributed by atoms with Crippen molar-refractivity contribution in [1.29, 1.82) is 0 Å². The van der Waals surface area contributed by atoms with E-state index in [0.717, 1.165) is 23.6 Å². The number of benzene rings is 1. The van der Waals surface area contributed by atoms with Crippen LogP contribution in [0.25, 0.3) is 10.8 Å².